The highest BCUT2D eigenvalue weighted by molar-refractivity contribution is 6.01. The SMILES string of the molecule is CC(C)(O)CCC(=O)ON1C(=O)CCC1=O. The molecule has 0 aliphatic carbocycles. The quantitative estimate of drug-likeness (QED) is 0.693. The summed E-state index contributed by atoms with van der Waals surface area (Å²) in [6, 6.07) is 0. The van der Waals surface area contributed by atoms with E-state index in [0.29, 0.717) is 5.06 Å². The van der Waals surface area contributed by atoms with Gasteiger partial charge < -0.3 is 9.94 Å². The predicted octanol–water partition coefficient (Wildman–Crippen LogP) is 0.145. The molecule has 1 N–H and O–H groups in total. The molecule has 1 fully saturated rings. The van der Waals surface area contributed by atoms with Crippen LogP contribution >= 0.6 is 0 Å². The standard InChI is InChI=1S/C10H15NO5/c1-10(2,15)6-5-9(14)16-11-7(12)3-4-8(11)13/h15H,3-6H2,1-2H3. The number of aliphatic hydroxyl groups is 1. The fourth-order valence-electron chi connectivity index (χ4n) is 1.21. The van der Waals surface area contributed by atoms with E-state index >= 15 is 0 Å². The Morgan fingerprint density at radius 1 is 1.38 bits per heavy atom. The first-order valence-electron chi connectivity index (χ1n) is 5.08. The second-order valence-electron chi connectivity index (χ2n) is 4.36. The fraction of sp³-hybridized carbons (Fsp3) is 0.700. The summed E-state index contributed by atoms with van der Waals surface area (Å²) in [4.78, 5) is 38.1. The van der Waals surface area contributed by atoms with Crippen LogP contribution in [-0.2, 0) is 19.2 Å². The normalized spacial score (nSPS) is 16.8. The number of carbonyl (C=O) groups excluding carboxylic acids is 3. The van der Waals surface area contributed by atoms with Crippen molar-refractivity contribution in [1.29, 1.82) is 0 Å². The Balaban J connectivity index is 2.40. The van der Waals surface area contributed by atoms with Crippen LogP contribution in [-0.4, -0.2) is 33.6 Å². The first-order chi connectivity index (χ1) is 7.29. The van der Waals surface area contributed by atoms with Crippen molar-refractivity contribution in [3.63, 3.8) is 0 Å². The van der Waals surface area contributed by atoms with E-state index in [-0.39, 0.29) is 25.7 Å². The van der Waals surface area contributed by atoms with Gasteiger partial charge in [0.2, 0.25) is 0 Å². The lowest BCUT2D eigenvalue weighted by Gasteiger charge is -2.17. The third-order valence-electron chi connectivity index (χ3n) is 2.14. The van der Waals surface area contributed by atoms with Crippen molar-refractivity contribution >= 4 is 17.8 Å². The Morgan fingerprint density at radius 2 is 1.88 bits per heavy atom. The molecule has 1 saturated heterocycles. The van der Waals surface area contributed by atoms with Gasteiger partial charge in [0.05, 0.1) is 12.0 Å². The number of nitrogens with zero attached hydrogens (tertiary/aromatic N) is 1. The van der Waals surface area contributed by atoms with E-state index in [1.807, 2.05) is 0 Å². The summed E-state index contributed by atoms with van der Waals surface area (Å²) < 4.78 is 0. The molecule has 0 saturated carbocycles. The number of imide groups is 1. The average molecular weight is 229 g/mol. The number of rotatable bonds is 4. The lowest BCUT2D eigenvalue weighted by Crippen LogP contribution is -2.32. The van der Waals surface area contributed by atoms with E-state index in [0.717, 1.165) is 0 Å². The van der Waals surface area contributed by atoms with E-state index in [4.69, 9.17) is 0 Å². The molecule has 0 bridgehead atoms. The first kappa shape index (κ1) is 12.6. The molecule has 0 atom stereocenters. The number of hydroxylamine groups is 2. The molecular formula is C10H15NO5. The van der Waals surface area contributed by atoms with Gasteiger partial charge in [0.1, 0.15) is 0 Å². The molecule has 1 aliphatic rings. The molecule has 6 heteroatoms. The minimum absolute atomic E-state index is 0.0411. The summed E-state index contributed by atoms with van der Waals surface area (Å²) in [5, 5.41) is 9.88. The molecular weight excluding hydrogens is 214 g/mol. The Kier molecular flexibility index (Phi) is 3.64. The zero-order valence-electron chi connectivity index (χ0n) is 9.36. The van der Waals surface area contributed by atoms with Gasteiger partial charge in [-0.05, 0) is 20.3 Å². The third kappa shape index (κ3) is 3.62. The highest BCUT2D eigenvalue weighted by Crippen LogP contribution is 2.15. The second kappa shape index (κ2) is 4.61. The maximum Gasteiger partial charge on any atom is 0.333 e. The molecule has 0 radical (unpaired) electrons. The Hall–Kier alpha value is -1.43. The van der Waals surface area contributed by atoms with Gasteiger partial charge in [0, 0.05) is 12.8 Å². The number of hydrogen-bond donors (Lipinski definition) is 1. The molecule has 0 aromatic carbocycles. The minimum Gasteiger partial charge on any atom is -0.390 e. The van der Waals surface area contributed by atoms with E-state index < -0.39 is 23.4 Å². The molecule has 0 spiro atoms. The van der Waals surface area contributed by atoms with Crippen molar-refractivity contribution in [3.8, 4) is 0 Å². The minimum atomic E-state index is -0.974. The lowest BCUT2D eigenvalue weighted by molar-refractivity contribution is -0.198. The maximum absolute atomic E-state index is 11.3. The monoisotopic (exact) mass is 229 g/mol. The van der Waals surface area contributed by atoms with Crippen LogP contribution in [0.1, 0.15) is 39.5 Å². The Labute approximate surface area is 93.1 Å². The van der Waals surface area contributed by atoms with Crippen LogP contribution in [0.3, 0.4) is 0 Å². The van der Waals surface area contributed by atoms with Crippen molar-refractivity contribution in [3.05, 3.63) is 0 Å². The van der Waals surface area contributed by atoms with E-state index in [1.165, 1.54) is 0 Å². The number of amides is 2. The van der Waals surface area contributed by atoms with E-state index in [2.05, 4.69) is 4.84 Å². The van der Waals surface area contributed by atoms with Crippen LogP contribution in [0.4, 0.5) is 0 Å². The van der Waals surface area contributed by atoms with Crippen molar-refractivity contribution < 1.29 is 24.3 Å². The van der Waals surface area contributed by atoms with Gasteiger partial charge in [0.15, 0.2) is 0 Å². The van der Waals surface area contributed by atoms with Crippen LogP contribution < -0.4 is 0 Å². The molecule has 2 amide bonds. The molecule has 6 nitrogen and oxygen atoms in total. The smallest absolute Gasteiger partial charge is 0.333 e. The molecule has 90 valence electrons. The average Bonchev–Trinajstić information content (AvgIpc) is 2.45. The summed E-state index contributed by atoms with van der Waals surface area (Å²) in [5.74, 6) is -1.69. The van der Waals surface area contributed by atoms with Gasteiger partial charge in [-0.25, -0.2) is 4.79 Å². The van der Waals surface area contributed by atoms with Crippen LogP contribution in [0.25, 0.3) is 0 Å². The zero-order valence-corrected chi connectivity index (χ0v) is 9.36. The van der Waals surface area contributed by atoms with Crippen LogP contribution in [0, 0.1) is 0 Å². The number of carbonyl (C=O) groups is 3. The van der Waals surface area contributed by atoms with Crippen LogP contribution in [0.15, 0.2) is 0 Å². The maximum atomic E-state index is 11.3. The van der Waals surface area contributed by atoms with Crippen LogP contribution in [0.5, 0.6) is 0 Å². The van der Waals surface area contributed by atoms with Gasteiger partial charge in [0.25, 0.3) is 11.8 Å². The molecule has 1 heterocycles. The highest BCUT2D eigenvalue weighted by Gasteiger charge is 2.32. The summed E-state index contributed by atoms with van der Waals surface area (Å²) in [5.41, 5.74) is -0.974. The van der Waals surface area contributed by atoms with Crippen LogP contribution in [0.2, 0.25) is 0 Å². The zero-order chi connectivity index (χ0) is 12.3. The topological polar surface area (TPSA) is 83.9 Å². The molecule has 1 rings (SSSR count). The summed E-state index contributed by atoms with van der Waals surface area (Å²) in [6.45, 7) is 3.12. The molecule has 0 unspecified atom stereocenters. The van der Waals surface area contributed by atoms with Gasteiger partial charge in [-0.15, -0.1) is 5.06 Å². The second-order valence-corrected chi connectivity index (χ2v) is 4.36. The molecule has 16 heavy (non-hydrogen) atoms. The summed E-state index contributed by atoms with van der Waals surface area (Å²) >= 11 is 0. The molecule has 1 aliphatic heterocycles. The number of hydrogen-bond acceptors (Lipinski definition) is 5. The molecule has 0 aromatic heterocycles. The van der Waals surface area contributed by atoms with Gasteiger partial charge in [-0.3, -0.25) is 9.59 Å². The lowest BCUT2D eigenvalue weighted by atomic mass is 10.0. The molecule has 0 aromatic rings. The summed E-state index contributed by atoms with van der Waals surface area (Å²) in [7, 11) is 0. The van der Waals surface area contributed by atoms with Gasteiger partial charge in [-0.1, -0.05) is 0 Å². The summed E-state index contributed by atoms with van der Waals surface area (Å²) in [6.07, 6.45) is 0.331. The fourth-order valence-corrected chi connectivity index (χ4v) is 1.21. The van der Waals surface area contributed by atoms with Crippen molar-refractivity contribution in [1.82, 2.24) is 5.06 Å². The third-order valence-corrected chi connectivity index (χ3v) is 2.14. The first-order valence-corrected chi connectivity index (χ1v) is 5.08. The Morgan fingerprint density at radius 3 is 2.31 bits per heavy atom. The predicted molar refractivity (Wildman–Crippen MR) is 52.7 cm³/mol. The van der Waals surface area contributed by atoms with E-state index in [1.54, 1.807) is 13.8 Å². The van der Waals surface area contributed by atoms with E-state index in [9.17, 15) is 19.5 Å². The largest absolute Gasteiger partial charge is 0.390 e. The highest BCUT2D eigenvalue weighted by atomic mass is 16.7. The van der Waals surface area contributed by atoms with Gasteiger partial charge >= 0.3 is 5.97 Å². The van der Waals surface area contributed by atoms with Crippen molar-refractivity contribution in [2.45, 2.75) is 45.1 Å². The van der Waals surface area contributed by atoms with Gasteiger partial charge in [-0.2, -0.15) is 0 Å². The Bertz CT molecular complexity index is 302. The van der Waals surface area contributed by atoms with Crippen molar-refractivity contribution in [2.24, 2.45) is 0 Å². The van der Waals surface area contributed by atoms with Crippen molar-refractivity contribution in [2.75, 3.05) is 0 Å².